The van der Waals surface area contributed by atoms with Crippen LogP contribution < -0.4 is 9.80 Å². The Balaban J connectivity index is 1.59. The van der Waals surface area contributed by atoms with Gasteiger partial charge >= 0.3 is 12.1 Å². The van der Waals surface area contributed by atoms with Crippen molar-refractivity contribution in [2.75, 3.05) is 9.80 Å². The lowest BCUT2D eigenvalue weighted by atomic mass is 9.75. The van der Waals surface area contributed by atoms with Crippen LogP contribution in [0, 0.1) is 11.3 Å². The Morgan fingerprint density at radius 1 is 1.12 bits per heavy atom. The summed E-state index contributed by atoms with van der Waals surface area (Å²) in [6.07, 6.45) is -2.87. The second kappa shape index (κ2) is 6.90. The normalized spacial score (nSPS) is 21.4. The summed E-state index contributed by atoms with van der Waals surface area (Å²) in [5.74, 6) is -0.752. The van der Waals surface area contributed by atoms with Crippen LogP contribution in [-0.4, -0.2) is 22.9 Å². The molecule has 10 heteroatoms. The Labute approximate surface area is 186 Å². The van der Waals surface area contributed by atoms with Gasteiger partial charge in [-0.2, -0.15) is 18.4 Å². The summed E-state index contributed by atoms with van der Waals surface area (Å²) in [6, 6.07) is 9.87. The van der Waals surface area contributed by atoms with Crippen LogP contribution in [0.4, 0.5) is 24.5 Å². The van der Waals surface area contributed by atoms with Gasteiger partial charge < -0.3 is 9.64 Å². The first-order valence-electron chi connectivity index (χ1n) is 9.90. The summed E-state index contributed by atoms with van der Waals surface area (Å²) in [5, 5.41) is 9.07. The van der Waals surface area contributed by atoms with E-state index in [1.807, 2.05) is 0 Å². The third-order valence-electron chi connectivity index (χ3n) is 6.37. The smallest absolute Gasteiger partial charge is 0.417 e. The molecule has 3 aliphatic rings. The molecule has 2 heterocycles. The molecule has 0 radical (unpaired) electrons. The number of nitriles is 1. The zero-order valence-electron chi connectivity index (χ0n) is 16.5. The zero-order chi connectivity index (χ0) is 22.8. The molecule has 164 valence electrons. The second-order valence-electron chi connectivity index (χ2n) is 8.03. The number of benzene rings is 2. The summed E-state index contributed by atoms with van der Waals surface area (Å²) in [7, 11) is 0. The van der Waals surface area contributed by atoms with E-state index in [1.165, 1.54) is 11.0 Å². The molecular weight excluding hydrogens is 443 g/mol. The molecule has 32 heavy (non-hydrogen) atoms. The van der Waals surface area contributed by atoms with Crippen molar-refractivity contribution in [1.82, 2.24) is 0 Å². The highest BCUT2D eigenvalue weighted by Crippen LogP contribution is 2.51. The molecule has 1 saturated heterocycles. The van der Waals surface area contributed by atoms with Crippen molar-refractivity contribution in [1.29, 1.82) is 5.26 Å². The number of thiol groups is 1. The number of carbonyl (C=O) groups is 2. The van der Waals surface area contributed by atoms with E-state index in [0.29, 0.717) is 29.7 Å². The van der Waals surface area contributed by atoms with Gasteiger partial charge in [0.1, 0.15) is 12.1 Å². The molecule has 2 aliphatic heterocycles. The fourth-order valence-electron chi connectivity index (χ4n) is 4.65. The molecule has 1 spiro atoms. The van der Waals surface area contributed by atoms with Gasteiger partial charge in [0.15, 0.2) is 5.50 Å². The molecule has 1 saturated carbocycles. The number of hydrogen-bond donors (Lipinski definition) is 1. The van der Waals surface area contributed by atoms with Crippen LogP contribution >= 0.6 is 12.6 Å². The zero-order valence-corrected chi connectivity index (χ0v) is 17.4. The maximum Gasteiger partial charge on any atom is 0.417 e. The summed E-state index contributed by atoms with van der Waals surface area (Å²) >= 11 is 4.63. The Morgan fingerprint density at radius 3 is 2.47 bits per heavy atom. The maximum atomic E-state index is 13.5. The number of anilines is 2. The fourth-order valence-corrected chi connectivity index (χ4v) is 5.24. The predicted molar refractivity (Wildman–Crippen MR) is 111 cm³/mol. The number of hydrogen-bond acceptors (Lipinski definition) is 6. The average molecular weight is 459 g/mol. The quantitative estimate of drug-likeness (QED) is 0.537. The van der Waals surface area contributed by atoms with Crippen molar-refractivity contribution in [3.8, 4) is 6.07 Å². The lowest BCUT2D eigenvalue weighted by molar-refractivity contribution is -0.137. The van der Waals surface area contributed by atoms with Crippen LogP contribution in [-0.2, 0) is 22.3 Å². The van der Waals surface area contributed by atoms with Crippen LogP contribution in [0.15, 0.2) is 36.4 Å². The van der Waals surface area contributed by atoms with E-state index in [9.17, 15) is 22.8 Å². The number of cyclic esters (lactones) is 1. The minimum atomic E-state index is -4.74. The molecule has 1 atom stereocenters. The van der Waals surface area contributed by atoms with Crippen LogP contribution in [0.25, 0.3) is 0 Å². The van der Waals surface area contributed by atoms with E-state index in [0.717, 1.165) is 18.6 Å². The molecule has 1 aliphatic carbocycles. The second-order valence-corrected chi connectivity index (χ2v) is 8.50. The highest BCUT2D eigenvalue weighted by atomic mass is 32.1. The van der Waals surface area contributed by atoms with Gasteiger partial charge in [0.05, 0.1) is 22.8 Å². The van der Waals surface area contributed by atoms with Gasteiger partial charge in [-0.15, -0.1) is 12.6 Å². The van der Waals surface area contributed by atoms with Gasteiger partial charge in [-0.05, 0) is 55.7 Å². The highest BCUT2D eigenvalue weighted by molar-refractivity contribution is 7.81. The number of esters is 1. The molecule has 2 aromatic carbocycles. The summed E-state index contributed by atoms with van der Waals surface area (Å²) in [5.41, 5.74) is -1.59. The molecule has 6 nitrogen and oxygen atoms in total. The van der Waals surface area contributed by atoms with E-state index in [-0.39, 0.29) is 18.2 Å². The van der Waals surface area contributed by atoms with Crippen LogP contribution in [0.1, 0.15) is 46.3 Å². The van der Waals surface area contributed by atoms with Gasteiger partial charge in [0.2, 0.25) is 0 Å². The SMILES string of the molecule is N#Cc1ccc(N2C(=O)C3(CCC3)N(c3ccc4c(c3)COC4=O)C2S)cc1C(F)(F)F. The largest absolute Gasteiger partial charge is 0.457 e. The predicted octanol–water partition coefficient (Wildman–Crippen LogP) is 4.24. The van der Waals surface area contributed by atoms with Gasteiger partial charge in [-0.3, -0.25) is 9.69 Å². The number of fused-ring (bicyclic) bond motifs is 1. The third-order valence-corrected chi connectivity index (χ3v) is 6.84. The number of nitrogens with zero attached hydrogens (tertiary/aromatic N) is 3. The lowest BCUT2D eigenvalue weighted by Gasteiger charge is -2.44. The Hall–Kier alpha value is -3.19. The molecule has 1 unspecified atom stereocenters. The van der Waals surface area contributed by atoms with Crippen LogP contribution in [0.3, 0.4) is 0 Å². The standard InChI is InChI=1S/C22H16F3N3O3S/c23-22(24,25)17-9-14(3-2-12(17)10-26)27-19(30)21(6-1-7-21)28(20(27)32)15-4-5-16-13(8-15)11-31-18(16)29/h2-5,8-9,20,32H,1,6-7,11H2. The number of halogens is 3. The maximum absolute atomic E-state index is 13.5. The first kappa shape index (κ1) is 20.7. The monoisotopic (exact) mass is 459 g/mol. The molecule has 0 aromatic heterocycles. The number of amides is 1. The van der Waals surface area contributed by atoms with Gasteiger partial charge in [0, 0.05) is 16.9 Å². The van der Waals surface area contributed by atoms with E-state index in [2.05, 4.69) is 12.6 Å². The number of alkyl halides is 3. The summed E-state index contributed by atoms with van der Waals surface area (Å²) in [6.45, 7) is 0.127. The molecule has 1 amide bonds. The average Bonchev–Trinajstić information content (AvgIpc) is 3.20. The highest BCUT2D eigenvalue weighted by Gasteiger charge is 2.60. The molecular formula is C22H16F3N3O3S. The first-order valence-corrected chi connectivity index (χ1v) is 10.4. The summed E-state index contributed by atoms with van der Waals surface area (Å²) in [4.78, 5) is 28.3. The lowest BCUT2D eigenvalue weighted by Crippen LogP contribution is -2.55. The van der Waals surface area contributed by atoms with Gasteiger partial charge in [-0.25, -0.2) is 4.79 Å². The minimum absolute atomic E-state index is 0.0229. The van der Waals surface area contributed by atoms with Crippen molar-refractivity contribution in [3.63, 3.8) is 0 Å². The van der Waals surface area contributed by atoms with Gasteiger partial charge in [-0.1, -0.05) is 0 Å². The molecule has 0 N–H and O–H groups in total. The number of rotatable bonds is 2. The number of ether oxygens (including phenoxy) is 1. The van der Waals surface area contributed by atoms with Gasteiger partial charge in [0.25, 0.3) is 5.91 Å². The fraction of sp³-hybridized carbons (Fsp3) is 0.318. The first-order chi connectivity index (χ1) is 15.2. The van der Waals surface area contributed by atoms with E-state index in [4.69, 9.17) is 10.00 Å². The van der Waals surface area contributed by atoms with Crippen molar-refractivity contribution >= 4 is 35.9 Å². The topological polar surface area (TPSA) is 73.6 Å². The molecule has 2 aromatic rings. The third kappa shape index (κ3) is 2.80. The van der Waals surface area contributed by atoms with Crippen molar-refractivity contribution in [2.24, 2.45) is 0 Å². The minimum Gasteiger partial charge on any atom is -0.457 e. The summed E-state index contributed by atoms with van der Waals surface area (Å²) < 4.78 is 45.6. The molecule has 2 fully saturated rings. The van der Waals surface area contributed by atoms with E-state index in [1.54, 1.807) is 29.2 Å². The van der Waals surface area contributed by atoms with Crippen molar-refractivity contribution in [3.05, 3.63) is 58.7 Å². The van der Waals surface area contributed by atoms with E-state index < -0.39 is 34.3 Å². The van der Waals surface area contributed by atoms with Crippen molar-refractivity contribution in [2.45, 2.75) is 43.1 Å². The Bertz CT molecular complexity index is 1200. The van der Waals surface area contributed by atoms with Crippen molar-refractivity contribution < 1.29 is 27.5 Å². The van der Waals surface area contributed by atoms with Crippen LogP contribution in [0.2, 0.25) is 0 Å². The Kier molecular flexibility index (Phi) is 4.47. The molecule has 0 bridgehead atoms. The van der Waals surface area contributed by atoms with Crippen LogP contribution in [0.5, 0.6) is 0 Å². The Morgan fingerprint density at radius 2 is 1.84 bits per heavy atom. The van der Waals surface area contributed by atoms with E-state index >= 15 is 0 Å². The molecule has 5 rings (SSSR count). The number of carbonyl (C=O) groups excluding carboxylic acids is 2.